The van der Waals surface area contributed by atoms with E-state index in [0.717, 1.165) is 6.07 Å². The van der Waals surface area contributed by atoms with Gasteiger partial charge in [-0.15, -0.1) is 0 Å². The third kappa shape index (κ3) is 4.50. The number of rotatable bonds is 7. The number of alkyl halides is 3. The number of ether oxygens (including phenoxy) is 3. The Balaban J connectivity index is 2.42. The number of nitrogens with zero attached hydrogens (tertiary/aromatic N) is 1. The molecule has 0 amide bonds. The lowest BCUT2D eigenvalue weighted by Crippen LogP contribution is -2.10. The van der Waals surface area contributed by atoms with Gasteiger partial charge in [0.05, 0.1) is 36.8 Å². The molecule has 0 aliphatic heterocycles. The van der Waals surface area contributed by atoms with E-state index >= 15 is 0 Å². The third-order valence-electron chi connectivity index (χ3n) is 3.84. The summed E-state index contributed by atoms with van der Waals surface area (Å²) in [6, 6.07) is 4.42. The van der Waals surface area contributed by atoms with E-state index in [1.807, 2.05) is 0 Å². The highest BCUT2D eigenvalue weighted by atomic mass is 35.5. The van der Waals surface area contributed by atoms with Crippen LogP contribution in [-0.2, 0) is 12.7 Å². The van der Waals surface area contributed by atoms with Crippen LogP contribution in [0.15, 0.2) is 24.3 Å². The normalized spacial score (nSPS) is 11.1. The fraction of sp³-hybridized carbons (Fsp3) is 0.294. The van der Waals surface area contributed by atoms with Crippen molar-refractivity contribution in [3.05, 3.63) is 50.5 Å². The number of hydrogen-bond acceptors (Lipinski definition) is 6. The van der Waals surface area contributed by atoms with Gasteiger partial charge in [0.2, 0.25) is 0 Å². The molecule has 0 atom stereocenters. The van der Waals surface area contributed by atoms with Crippen molar-refractivity contribution in [2.45, 2.75) is 12.7 Å². The van der Waals surface area contributed by atoms with Crippen molar-refractivity contribution in [1.82, 2.24) is 0 Å². The Morgan fingerprint density at radius 1 is 1.04 bits per heavy atom. The number of benzene rings is 2. The first-order chi connectivity index (χ1) is 13.1. The molecule has 7 nitrogen and oxygen atoms in total. The SMILES string of the molecule is COc1cc(OC)c(OC)cc1CNc1cc(Cl)c(C(F)(F)F)cc1[N+](=O)[O-]. The van der Waals surface area contributed by atoms with E-state index in [2.05, 4.69) is 5.32 Å². The minimum Gasteiger partial charge on any atom is -0.496 e. The average Bonchev–Trinajstić information content (AvgIpc) is 2.64. The maximum absolute atomic E-state index is 13.0. The van der Waals surface area contributed by atoms with Crippen LogP contribution in [0, 0.1) is 10.1 Å². The number of anilines is 1. The number of nitro benzene ring substituents is 1. The lowest BCUT2D eigenvalue weighted by atomic mass is 10.1. The van der Waals surface area contributed by atoms with Crippen LogP contribution in [0.1, 0.15) is 11.1 Å². The highest BCUT2D eigenvalue weighted by Crippen LogP contribution is 2.41. The second kappa shape index (κ2) is 8.42. The molecule has 0 fully saturated rings. The van der Waals surface area contributed by atoms with Gasteiger partial charge in [-0.3, -0.25) is 10.1 Å². The Labute approximate surface area is 163 Å². The molecule has 0 bridgehead atoms. The topological polar surface area (TPSA) is 82.9 Å². The minimum atomic E-state index is -4.81. The van der Waals surface area contributed by atoms with Crippen molar-refractivity contribution < 1.29 is 32.3 Å². The van der Waals surface area contributed by atoms with Crippen LogP contribution < -0.4 is 19.5 Å². The summed E-state index contributed by atoms with van der Waals surface area (Å²) in [5, 5.41) is 13.3. The number of halogens is 4. The van der Waals surface area contributed by atoms with Gasteiger partial charge in [-0.25, -0.2) is 0 Å². The van der Waals surface area contributed by atoms with Crippen molar-refractivity contribution in [2.75, 3.05) is 26.6 Å². The van der Waals surface area contributed by atoms with Crippen molar-refractivity contribution in [2.24, 2.45) is 0 Å². The second-order valence-electron chi connectivity index (χ2n) is 5.48. The molecular weight excluding hydrogens is 405 g/mol. The maximum Gasteiger partial charge on any atom is 0.418 e. The molecule has 2 rings (SSSR count). The van der Waals surface area contributed by atoms with Gasteiger partial charge in [-0.05, 0) is 12.1 Å². The summed E-state index contributed by atoms with van der Waals surface area (Å²) in [6.07, 6.45) is -4.81. The van der Waals surface area contributed by atoms with E-state index in [-0.39, 0.29) is 12.2 Å². The largest absolute Gasteiger partial charge is 0.496 e. The first-order valence-electron chi connectivity index (χ1n) is 7.70. The zero-order valence-corrected chi connectivity index (χ0v) is 15.8. The predicted molar refractivity (Wildman–Crippen MR) is 96.5 cm³/mol. The molecule has 2 aromatic carbocycles. The highest BCUT2D eigenvalue weighted by Gasteiger charge is 2.36. The predicted octanol–water partition coefficient (Wildman–Crippen LogP) is 4.90. The van der Waals surface area contributed by atoms with E-state index in [1.165, 1.54) is 21.3 Å². The number of hydrogen-bond donors (Lipinski definition) is 1. The molecule has 0 heterocycles. The Morgan fingerprint density at radius 3 is 2.11 bits per heavy atom. The fourth-order valence-corrected chi connectivity index (χ4v) is 2.76. The van der Waals surface area contributed by atoms with Crippen LogP contribution in [-0.4, -0.2) is 26.3 Å². The van der Waals surface area contributed by atoms with Crippen LogP contribution in [0.5, 0.6) is 17.2 Å². The molecule has 0 aromatic heterocycles. The van der Waals surface area contributed by atoms with Gasteiger partial charge >= 0.3 is 6.18 Å². The molecule has 11 heteroatoms. The first kappa shape index (κ1) is 21.4. The van der Waals surface area contributed by atoms with Gasteiger partial charge in [-0.1, -0.05) is 11.6 Å². The average molecular weight is 421 g/mol. The summed E-state index contributed by atoms with van der Waals surface area (Å²) in [4.78, 5) is 10.3. The van der Waals surface area contributed by atoms with Crippen LogP contribution in [0.4, 0.5) is 24.5 Å². The van der Waals surface area contributed by atoms with Crippen LogP contribution in [0.2, 0.25) is 5.02 Å². The molecule has 28 heavy (non-hydrogen) atoms. The molecule has 1 N–H and O–H groups in total. The molecule has 0 aliphatic carbocycles. The van der Waals surface area contributed by atoms with Gasteiger partial charge in [-0.2, -0.15) is 13.2 Å². The third-order valence-corrected chi connectivity index (χ3v) is 4.16. The quantitative estimate of drug-likeness (QED) is 0.506. The Morgan fingerprint density at radius 2 is 1.61 bits per heavy atom. The zero-order chi connectivity index (χ0) is 21.1. The summed E-state index contributed by atoms with van der Waals surface area (Å²) in [6.45, 7) is -0.00788. The second-order valence-corrected chi connectivity index (χ2v) is 5.88. The van der Waals surface area contributed by atoms with E-state index in [1.54, 1.807) is 12.1 Å². The zero-order valence-electron chi connectivity index (χ0n) is 15.0. The van der Waals surface area contributed by atoms with Gasteiger partial charge in [0.25, 0.3) is 5.69 Å². The van der Waals surface area contributed by atoms with Gasteiger partial charge in [0, 0.05) is 24.2 Å². The Bertz CT molecular complexity index is 890. The van der Waals surface area contributed by atoms with E-state index < -0.39 is 27.4 Å². The molecule has 0 unspecified atom stereocenters. The molecule has 0 radical (unpaired) electrons. The van der Waals surface area contributed by atoms with Crippen molar-refractivity contribution in [3.63, 3.8) is 0 Å². The molecule has 0 aliphatic rings. The molecule has 0 saturated heterocycles. The van der Waals surface area contributed by atoms with Crippen LogP contribution in [0.3, 0.4) is 0 Å². The molecular formula is C17H16ClF3N2O5. The fourth-order valence-electron chi connectivity index (χ4n) is 2.49. The lowest BCUT2D eigenvalue weighted by molar-refractivity contribution is -0.384. The van der Waals surface area contributed by atoms with E-state index in [0.29, 0.717) is 28.9 Å². The highest BCUT2D eigenvalue weighted by molar-refractivity contribution is 6.31. The smallest absolute Gasteiger partial charge is 0.418 e. The van der Waals surface area contributed by atoms with Gasteiger partial charge in [0.1, 0.15) is 11.4 Å². The summed E-state index contributed by atoms with van der Waals surface area (Å²) >= 11 is 5.67. The maximum atomic E-state index is 13.0. The lowest BCUT2D eigenvalue weighted by Gasteiger charge is -2.16. The van der Waals surface area contributed by atoms with Gasteiger partial charge in [0.15, 0.2) is 11.5 Å². The Kier molecular flexibility index (Phi) is 6.45. The Hall–Kier alpha value is -2.88. The molecule has 152 valence electrons. The van der Waals surface area contributed by atoms with Crippen LogP contribution >= 0.6 is 11.6 Å². The number of nitro groups is 1. The number of nitrogens with one attached hydrogen (secondary N) is 1. The van der Waals surface area contributed by atoms with Crippen molar-refractivity contribution in [3.8, 4) is 17.2 Å². The summed E-state index contributed by atoms with van der Waals surface area (Å²) in [5.41, 5.74) is -1.67. The molecule has 0 spiro atoms. The van der Waals surface area contributed by atoms with Crippen LogP contribution in [0.25, 0.3) is 0 Å². The van der Waals surface area contributed by atoms with Crippen molar-refractivity contribution >= 4 is 23.0 Å². The number of methoxy groups -OCH3 is 3. The molecule has 0 saturated carbocycles. The summed E-state index contributed by atoms with van der Waals surface area (Å²) in [7, 11) is 4.30. The minimum absolute atomic E-state index is 0.00788. The standard InChI is InChI=1S/C17H16ClF3N2O5/c1-26-14-7-16(28-3)15(27-2)4-9(14)8-22-12-6-11(18)10(17(19,20)21)5-13(12)23(24)25/h4-7,22H,8H2,1-3H3. The summed E-state index contributed by atoms with van der Waals surface area (Å²) in [5.74, 6) is 1.19. The van der Waals surface area contributed by atoms with E-state index in [9.17, 15) is 23.3 Å². The van der Waals surface area contributed by atoms with Gasteiger partial charge < -0.3 is 19.5 Å². The van der Waals surface area contributed by atoms with Crippen molar-refractivity contribution in [1.29, 1.82) is 0 Å². The summed E-state index contributed by atoms with van der Waals surface area (Å²) < 4.78 is 54.5. The van der Waals surface area contributed by atoms with E-state index in [4.69, 9.17) is 25.8 Å². The first-order valence-corrected chi connectivity index (χ1v) is 8.08. The monoisotopic (exact) mass is 420 g/mol. The molecule has 2 aromatic rings.